The van der Waals surface area contributed by atoms with Crippen molar-refractivity contribution in [3.63, 3.8) is 0 Å². The Hall–Kier alpha value is -3.74. The smallest absolute Gasteiger partial charge is 0.224 e. The molecule has 5 rings (SSSR count). The summed E-state index contributed by atoms with van der Waals surface area (Å²) in [6.07, 6.45) is 0.249. The molecule has 0 fully saturated rings. The Morgan fingerprint density at radius 3 is 2.67 bits per heavy atom. The Labute approximate surface area is 153 Å². The van der Waals surface area contributed by atoms with E-state index < -0.39 is 0 Å². The standard InChI is InChI=1S/C20H14FN5O/c21-14-7-3-1-5-12(14)10-18-23-19-11-15(25-26(19)20(22)24-18)17-9-13-6-2-4-8-16(13)27-17/h1-9,11H,10H2,(H2,22,23,24). The van der Waals surface area contributed by atoms with Crippen molar-refractivity contribution >= 4 is 22.6 Å². The molecule has 5 aromatic rings. The van der Waals surface area contributed by atoms with Gasteiger partial charge in [0.1, 0.15) is 22.9 Å². The molecule has 2 N–H and O–H groups in total. The molecule has 6 nitrogen and oxygen atoms in total. The van der Waals surface area contributed by atoms with E-state index in [1.807, 2.05) is 30.3 Å². The minimum absolute atomic E-state index is 0.189. The Kier molecular flexibility index (Phi) is 3.39. The minimum Gasteiger partial charge on any atom is -0.454 e. The summed E-state index contributed by atoms with van der Waals surface area (Å²) < 4.78 is 21.2. The molecule has 7 heteroatoms. The van der Waals surface area contributed by atoms with Crippen LogP contribution in [0.5, 0.6) is 0 Å². The lowest BCUT2D eigenvalue weighted by molar-refractivity contribution is 0.612. The van der Waals surface area contributed by atoms with E-state index in [-0.39, 0.29) is 18.2 Å². The maximum Gasteiger partial charge on any atom is 0.224 e. The number of aromatic nitrogens is 4. The lowest BCUT2D eigenvalue weighted by Gasteiger charge is -2.04. The van der Waals surface area contributed by atoms with E-state index in [1.54, 1.807) is 24.3 Å². The SMILES string of the molecule is Nc1nc(Cc2ccccc2F)nc2cc(-c3cc4ccccc4o3)nn12. The Morgan fingerprint density at radius 2 is 1.81 bits per heavy atom. The first kappa shape index (κ1) is 15.5. The van der Waals surface area contributed by atoms with Crippen molar-refractivity contribution in [2.45, 2.75) is 6.42 Å². The van der Waals surface area contributed by atoms with Gasteiger partial charge in [0.15, 0.2) is 11.4 Å². The summed E-state index contributed by atoms with van der Waals surface area (Å²) in [7, 11) is 0. The fourth-order valence-electron chi connectivity index (χ4n) is 3.08. The summed E-state index contributed by atoms with van der Waals surface area (Å²) in [4.78, 5) is 8.73. The number of hydrogen-bond acceptors (Lipinski definition) is 5. The number of rotatable bonds is 3. The van der Waals surface area contributed by atoms with Gasteiger partial charge in [-0.05, 0) is 23.8 Å². The molecular formula is C20H14FN5O. The number of benzene rings is 2. The molecule has 0 unspecified atom stereocenters. The molecular weight excluding hydrogens is 345 g/mol. The third kappa shape index (κ3) is 2.69. The highest BCUT2D eigenvalue weighted by Gasteiger charge is 2.14. The molecule has 0 aliphatic heterocycles. The summed E-state index contributed by atoms with van der Waals surface area (Å²) in [5.41, 5.74) is 8.47. The van der Waals surface area contributed by atoms with Crippen LogP contribution in [0.25, 0.3) is 28.1 Å². The van der Waals surface area contributed by atoms with Crippen molar-refractivity contribution in [2.24, 2.45) is 0 Å². The van der Waals surface area contributed by atoms with Crippen LogP contribution in [-0.2, 0) is 6.42 Å². The van der Waals surface area contributed by atoms with Crippen molar-refractivity contribution < 1.29 is 8.81 Å². The van der Waals surface area contributed by atoms with Crippen LogP contribution in [0.15, 0.2) is 65.1 Å². The fourth-order valence-corrected chi connectivity index (χ4v) is 3.08. The highest BCUT2D eigenvalue weighted by molar-refractivity contribution is 5.82. The molecule has 0 bridgehead atoms. The van der Waals surface area contributed by atoms with Crippen molar-refractivity contribution in [3.8, 4) is 11.5 Å². The zero-order valence-corrected chi connectivity index (χ0v) is 14.1. The second-order valence-electron chi connectivity index (χ2n) is 6.21. The molecule has 3 aromatic heterocycles. The molecule has 0 aliphatic rings. The van der Waals surface area contributed by atoms with Crippen LogP contribution in [0.3, 0.4) is 0 Å². The lowest BCUT2D eigenvalue weighted by atomic mass is 10.1. The van der Waals surface area contributed by atoms with Crippen LogP contribution in [0.4, 0.5) is 10.3 Å². The molecule has 0 radical (unpaired) electrons. The minimum atomic E-state index is -0.295. The topological polar surface area (TPSA) is 82.2 Å². The van der Waals surface area contributed by atoms with Crippen molar-refractivity contribution in [2.75, 3.05) is 5.73 Å². The van der Waals surface area contributed by atoms with Crippen molar-refractivity contribution in [1.29, 1.82) is 0 Å². The highest BCUT2D eigenvalue weighted by atomic mass is 19.1. The van der Waals surface area contributed by atoms with Crippen molar-refractivity contribution in [1.82, 2.24) is 19.6 Å². The monoisotopic (exact) mass is 359 g/mol. The molecule has 2 aromatic carbocycles. The summed E-state index contributed by atoms with van der Waals surface area (Å²) in [6.45, 7) is 0. The summed E-state index contributed by atoms with van der Waals surface area (Å²) in [6, 6.07) is 18.0. The van der Waals surface area contributed by atoms with Gasteiger partial charge in [-0.2, -0.15) is 14.6 Å². The zero-order chi connectivity index (χ0) is 18.4. The third-order valence-corrected chi connectivity index (χ3v) is 4.38. The maximum atomic E-state index is 13.9. The number of nitrogen functional groups attached to an aromatic ring is 1. The number of anilines is 1. The van der Waals surface area contributed by atoms with E-state index in [9.17, 15) is 4.39 Å². The molecule has 3 heterocycles. The zero-order valence-electron chi connectivity index (χ0n) is 14.1. The van der Waals surface area contributed by atoms with E-state index >= 15 is 0 Å². The van der Waals surface area contributed by atoms with Gasteiger partial charge in [0.2, 0.25) is 5.95 Å². The highest BCUT2D eigenvalue weighted by Crippen LogP contribution is 2.27. The summed E-state index contributed by atoms with van der Waals surface area (Å²) >= 11 is 0. The van der Waals surface area contributed by atoms with E-state index in [1.165, 1.54) is 10.6 Å². The normalized spacial score (nSPS) is 11.4. The van der Waals surface area contributed by atoms with E-state index in [0.717, 1.165) is 11.0 Å². The summed E-state index contributed by atoms with van der Waals surface area (Å²) in [5.74, 6) is 0.947. The van der Waals surface area contributed by atoms with Gasteiger partial charge in [0.05, 0.1) is 0 Å². The lowest BCUT2D eigenvalue weighted by Crippen LogP contribution is -2.08. The second-order valence-corrected chi connectivity index (χ2v) is 6.21. The predicted octanol–water partition coefficient (Wildman–Crippen LogP) is 3.85. The first-order chi connectivity index (χ1) is 13.2. The number of nitrogens with two attached hydrogens (primary N) is 1. The largest absolute Gasteiger partial charge is 0.454 e. The van der Waals surface area contributed by atoms with Gasteiger partial charge >= 0.3 is 0 Å². The molecule has 27 heavy (non-hydrogen) atoms. The van der Waals surface area contributed by atoms with Gasteiger partial charge in [-0.1, -0.05) is 36.4 Å². The van der Waals surface area contributed by atoms with Crippen LogP contribution < -0.4 is 5.73 Å². The molecule has 0 saturated carbocycles. The molecule has 0 atom stereocenters. The third-order valence-electron chi connectivity index (χ3n) is 4.38. The van der Waals surface area contributed by atoms with Crippen LogP contribution in [0.2, 0.25) is 0 Å². The van der Waals surface area contributed by atoms with Gasteiger partial charge in [0.25, 0.3) is 0 Å². The molecule has 132 valence electrons. The van der Waals surface area contributed by atoms with Crippen LogP contribution >= 0.6 is 0 Å². The van der Waals surface area contributed by atoms with Gasteiger partial charge in [-0.25, -0.2) is 9.37 Å². The van der Waals surface area contributed by atoms with E-state index in [0.29, 0.717) is 28.5 Å². The Balaban J connectivity index is 1.57. The number of hydrogen-bond donors (Lipinski definition) is 1. The Morgan fingerprint density at radius 1 is 1.00 bits per heavy atom. The van der Waals surface area contributed by atoms with E-state index in [2.05, 4.69) is 15.1 Å². The fraction of sp³-hybridized carbons (Fsp3) is 0.0500. The second kappa shape index (κ2) is 5.91. The molecule has 0 saturated heterocycles. The van der Waals surface area contributed by atoms with Crippen LogP contribution in [0.1, 0.15) is 11.4 Å². The predicted molar refractivity (Wildman–Crippen MR) is 99.6 cm³/mol. The number of nitrogens with zero attached hydrogens (tertiary/aromatic N) is 4. The van der Waals surface area contributed by atoms with E-state index in [4.69, 9.17) is 10.2 Å². The summed E-state index contributed by atoms with van der Waals surface area (Å²) in [5, 5.41) is 5.43. The Bertz CT molecular complexity index is 1260. The van der Waals surface area contributed by atoms with Gasteiger partial charge in [-0.15, -0.1) is 0 Å². The van der Waals surface area contributed by atoms with Crippen LogP contribution in [-0.4, -0.2) is 19.6 Å². The number of fused-ring (bicyclic) bond motifs is 2. The van der Waals surface area contributed by atoms with Crippen LogP contribution in [0, 0.1) is 5.82 Å². The van der Waals surface area contributed by atoms with Gasteiger partial charge in [0, 0.05) is 17.9 Å². The quantitative estimate of drug-likeness (QED) is 0.529. The van der Waals surface area contributed by atoms with Gasteiger partial charge in [-0.3, -0.25) is 0 Å². The number of halogens is 1. The first-order valence-electron chi connectivity index (χ1n) is 8.42. The maximum absolute atomic E-state index is 13.9. The first-order valence-corrected chi connectivity index (χ1v) is 8.42. The number of para-hydroxylation sites is 1. The average molecular weight is 359 g/mol. The molecule has 0 amide bonds. The average Bonchev–Trinajstić information content (AvgIpc) is 3.27. The van der Waals surface area contributed by atoms with Gasteiger partial charge < -0.3 is 10.2 Å². The molecule has 0 spiro atoms. The molecule has 0 aliphatic carbocycles. The van der Waals surface area contributed by atoms with Crippen molar-refractivity contribution in [3.05, 3.63) is 77.9 Å². The number of furan rings is 1.